The fourth-order valence-corrected chi connectivity index (χ4v) is 2.02. The molecule has 0 heterocycles. The van der Waals surface area contributed by atoms with Crippen molar-refractivity contribution in [3.05, 3.63) is 71.8 Å². The van der Waals surface area contributed by atoms with Crippen molar-refractivity contribution in [2.75, 3.05) is 7.11 Å². The van der Waals surface area contributed by atoms with Crippen LogP contribution in [0.5, 0.6) is 0 Å². The number of esters is 1. The molecule has 0 radical (unpaired) electrons. The zero-order chi connectivity index (χ0) is 15.1. The molecule has 0 aliphatic carbocycles. The second-order valence-electron chi connectivity index (χ2n) is 4.60. The molecule has 4 nitrogen and oxygen atoms in total. The highest BCUT2D eigenvalue weighted by molar-refractivity contribution is 5.96. The van der Waals surface area contributed by atoms with E-state index >= 15 is 0 Å². The van der Waals surface area contributed by atoms with Crippen LogP contribution in [0.25, 0.3) is 0 Å². The lowest BCUT2D eigenvalue weighted by molar-refractivity contribution is -0.142. The molecular weight excluding hydrogens is 266 g/mol. The lowest BCUT2D eigenvalue weighted by Gasteiger charge is -2.16. The van der Waals surface area contributed by atoms with Crippen LogP contribution in [0.2, 0.25) is 0 Å². The Balaban J connectivity index is 2.10. The Hall–Kier alpha value is -2.62. The Morgan fingerprint density at radius 1 is 1.00 bits per heavy atom. The van der Waals surface area contributed by atoms with Crippen molar-refractivity contribution in [3.63, 3.8) is 0 Å². The molecule has 0 bridgehead atoms. The SMILES string of the molecule is COC(=O)C(Cc1ccccc1)NC(=O)c1ccccc1. The van der Waals surface area contributed by atoms with Crippen molar-refractivity contribution in [3.8, 4) is 0 Å². The van der Waals surface area contributed by atoms with Gasteiger partial charge in [-0.25, -0.2) is 4.79 Å². The maximum Gasteiger partial charge on any atom is 0.328 e. The second-order valence-corrected chi connectivity index (χ2v) is 4.60. The minimum absolute atomic E-state index is 0.290. The van der Waals surface area contributed by atoms with Crippen LogP contribution >= 0.6 is 0 Å². The highest BCUT2D eigenvalue weighted by Gasteiger charge is 2.22. The third-order valence-electron chi connectivity index (χ3n) is 3.11. The predicted octanol–water partition coefficient (Wildman–Crippen LogP) is 2.20. The Bertz CT molecular complexity index is 596. The average molecular weight is 283 g/mol. The van der Waals surface area contributed by atoms with Gasteiger partial charge in [-0.05, 0) is 17.7 Å². The van der Waals surface area contributed by atoms with E-state index < -0.39 is 12.0 Å². The molecule has 0 saturated heterocycles. The summed E-state index contributed by atoms with van der Waals surface area (Å²) < 4.78 is 4.77. The van der Waals surface area contributed by atoms with Gasteiger partial charge in [-0.1, -0.05) is 48.5 Å². The van der Waals surface area contributed by atoms with Crippen molar-refractivity contribution < 1.29 is 14.3 Å². The standard InChI is InChI=1S/C17H17NO3/c1-21-17(20)15(12-13-8-4-2-5-9-13)18-16(19)14-10-6-3-7-11-14/h2-11,15H,12H2,1H3,(H,18,19). The summed E-state index contributed by atoms with van der Waals surface area (Å²) in [5.74, 6) is -0.745. The molecule has 0 saturated carbocycles. The van der Waals surface area contributed by atoms with E-state index in [0.29, 0.717) is 12.0 Å². The number of rotatable bonds is 5. The summed E-state index contributed by atoms with van der Waals surface area (Å²) in [7, 11) is 1.31. The molecule has 1 atom stereocenters. The molecular formula is C17H17NO3. The highest BCUT2D eigenvalue weighted by atomic mass is 16.5. The Kier molecular flexibility index (Phi) is 5.10. The minimum Gasteiger partial charge on any atom is -0.467 e. The van der Waals surface area contributed by atoms with Gasteiger partial charge in [0.15, 0.2) is 0 Å². The van der Waals surface area contributed by atoms with Crippen LogP contribution in [0.4, 0.5) is 0 Å². The molecule has 21 heavy (non-hydrogen) atoms. The van der Waals surface area contributed by atoms with Gasteiger partial charge in [0.2, 0.25) is 0 Å². The summed E-state index contributed by atoms with van der Waals surface area (Å²) in [6.07, 6.45) is 0.395. The maximum absolute atomic E-state index is 12.1. The van der Waals surface area contributed by atoms with E-state index in [9.17, 15) is 9.59 Å². The summed E-state index contributed by atoms with van der Waals surface area (Å²) in [5, 5.41) is 2.72. The second kappa shape index (κ2) is 7.24. The van der Waals surface area contributed by atoms with Gasteiger partial charge in [-0.3, -0.25) is 4.79 Å². The van der Waals surface area contributed by atoms with Gasteiger partial charge in [-0.15, -0.1) is 0 Å². The van der Waals surface area contributed by atoms with Crippen LogP contribution in [0, 0.1) is 0 Å². The lowest BCUT2D eigenvalue weighted by Crippen LogP contribution is -2.43. The third-order valence-corrected chi connectivity index (χ3v) is 3.11. The van der Waals surface area contributed by atoms with Gasteiger partial charge >= 0.3 is 5.97 Å². The number of carbonyl (C=O) groups is 2. The van der Waals surface area contributed by atoms with E-state index in [1.54, 1.807) is 24.3 Å². The van der Waals surface area contributed by atoms with Gasteiger partial charge in [0.25, 0.3) is 5.91 Å². The monoisotopic (exact) mass is 283 g/mol. The zero-order valence-electron chi connectivity index (χ0n) is 11.8. The molecule has 0 aliphatic rings. The number of hydrogen-bond donors (Lipinski definition) is 1. The topological polar surface area (TPSA) is 55.4 Å². The van der Waals surface area contributed by atoms with Crippen LogP contribution in [-0.4, -0.2) is 25.0 Å². The number of ether oxygens (including phenoxy) is 1. The molecule has 0 aliphatic heterocycles. The molecule has 1 amide bonds. The average Bonchev–Trinajstić information content (AvgIpc) is 2.55. The summed E-state index contributed by atoms with van der Waals surface area (Å²) in [6, 6.07) is 17.6. The van der Waals surface area contributed by atoms with Crippen LogP contribution in [0.15, 0.2) is 60.7 Å². The molecule has 2 rings (SSSR count). The van der Waals surface area contributed by atoms with Crippen molar-refractivity contribution in [1.29, 1.82) is 0 Å². The summed E-state index contributed by atoms with van der Waals surface area (Å²) in [6.45, 7) is 0. The lowest BCUT2D eigenvalue weighted by atomic mass is 10.1. The number of methoxy groups -OCH3 is 1. The number of hydrogen-bond acceptors (Lipinski definition) is 3. The number of carbonyl (C=O) groups excluding carboxylic acids is 2. The Morgan fingerprint density at radius 3 is 2.14 bits per heavy atom. The van der Waals surface area contributed by atoms with Crippen LogP contribution in [0.3, 0.4) is 0 Å². The van der Waals surface area contributed by atoms with Crippen molar-refractivity contribution in [2.24, 2.45) is 0 Å². The summed E-state index contributed by atoms with van der Waals surface area (Å²) in [5.41, 5.74) is 1.47. The summed E-state index contributed by atoms with van der Waals surface area (Å²) >= 11 is 0. The van der Waals surface area contributed by atoms with Crippen molar-refractivity contribution >= 4 is 11.9 Å². The van der Waals surface area contributed by atoms with Gasteiger partial charge in [0.05, 0.1) is 7.11 Å². The number of amides is 1. The van der Waals surface area contributed by atoms with E-state index in [1.165, 1.54) is 7.11 Å². The van der Waals surface area contributed by atoms with E-state index in [1.807, 2.05) is 36.4 Å². The summed E-state index contributed by atoms with van der Waals surface area (Å²) in [4.78, 5) is 24.0. The largest absolute Gasteiger partial charge is 0.467 e. The smallest absolute Gasteiger partial charge is 0.328 e. The Labute approximate surface area is 123 Å². The van der Waals surface area contributed by atoms with Gasteiger partial charge in [0.1, 0.15) is 6.04 Å². The van der Waals surface area contributed by atoms with Gasteiger partial charge in [-0.2, -0.15) is 0 Å². The van der Waals surface area contributed by atoms with Gasteiger partial charge in [0, 0.05) is 12.0 Å². The van der Waals surface area contributed by atoms with Crippen molar-refractivity contribution in [2.45, 2.75) is 12.5 Å². The quantitative estimate of drug-likeness (QED) is 0.856. The fourth-order valence-electron chi connectivity index (χ4n) is 2.02. The fraction of sp³-hybridized carbons (Fsp3) is 0.176. The first-order valence-electron chi connectivity index (χ1n) is 6.68. The third kappa shape index (κ3) is 4.18. The molecule has 2 aromatic rings. The van der Waals surface area contributed by atoms with E-state index in [4.69, 9.17) is 4.74 Å². The number of benzene rings is 2. The first-order chi connectivity index (χ1) is 10.2. The van der Waals surface area contributed by atoms with E-state index in [2.05, 4.69) is 5.32 Å². The minimum atomic E-state index is -0.704. The molecule has 0 aromatic heterocycles. The first-order valence-corrected chi connectivity index (χ1v) is 6.68. The maximum atomic E-state index is 12.1. The normalized spacial score (nSPS) is 11.5. The van der Waals surface area contributed by atoms with Crippen molar-refractivity contribution in [1.82, 2.24) is 5.32 Å². The highest BCUT2D eigenvalue weighted by Crippen LogP contribution is 2.06. The molecule has 108 valence electrons. The van der Waals surface area contributed by atoms with E-state index in [0.717, 1.165) is 5.56 Å². The molecule has 0 fully saturated rings. The van der Waals surface area contributed by atoms with Gasteiger partial charge < -0.3 is 10.1 Å². The van der Waals surface area contributed by atoms with Crippen LogP contribution in [0.1, 0.15) is 15.9 Å². The molecule has 2 aromatic carbocycles. The predicted molar refractivity (Wildman–Crippen MR) is 79.9 cm³/mol. The first kappa shape index (κ1) is 14.8. The van der Waals surface area contributed by atoms with E-state index in [-0.39, 0.29) is 5.91 Å². The Morgan fingerprint density at radius 2 is 1.57 bits per heavy atom. The molecule has 0 spiro atoms. The van der Waals surface area contributed by atoms with Crippen LogP contribution in [-0.2, 0) is 16.0 Å². The molecule has 4 heteroatoms. The zero-order valence-corrected chi connectivity index (χ0v) is 11.8. The molecule has 1 N–H and O–H groups in total. The van der Waals surface area contributed by atoms with Crippen LogP contribution < -0.4 is 5.32 Å². The number of nitrogens with one attached hydrogen (secondary N) is 1. The molecule has 1 unspecified atom stereocenters.